The Bertz CT molecular complexity index is 1110. The summed E-state index contributed by atoms with van der Waals surface area (Å²) in [7, 11) is 1.62. The minimum atomic E-state index is 0.461. The van der Waals surface area contributed by atoms with Crippen molar-refractivity contribution in [3.8, 4) is 22.8 Å². The molecule has 2 aromatic carbocycles. The van der Waals surface area contributed by atoms with E-state index in [1.54, 1.807) is 11.8 Å². The first-order chi connectivity index (χ1) is 13.7. The molecule has 0 spiro atoms. The molecule has 0 radical (unpaired) electrons. The van der Waals surface area contributed by atoms with E-state index < -0.39 is 0 Å². The van der Waals surface area contributed by atoms with Crippen LogP contribution in [0, 0.1) is 13.8 Å². The van der Waals surface area contributed by atoms with Gasteiger partial charge in [0.15, 0.2) is 0 Å². The highest BCUT2D eigenvalue weighted by atomic mass is 32.2. The van der Waals surface area contributed by atoms with Gasteiger partial charge >= 0.3 is 0 Å². The van der Waals surface area contributed by atoms with Gasteiger partial charge in [0.1, 0.15) is 5.75 Å². The molecule has 0 N–H and O–H groups in total. The molecular weight excluding hydrogens is 376 g/mol. The monoisotopic (exact) mass is 394 g/mol. The van der Waals surface area contributed by atoms with Gasteiger partial charge in [-0.05, 0) is 53.6 Å². The van der Waals surface area contributed by atoms with Gasteiger partial charge in [-0.3, -0.25) is 0 Å². The van der Waals surface area contributed by atoms with Gasteiger partial charge in [-0.15, -0.1) is 5.10 Å². The van der Waals surface area contributed by atoms with Crippen molar-refractivity contribution in [2.24, 2.45) is 0 Å². The van der Waals surface area contributed by atoms with Crippen LogP contribution in [0.3, 0.4) is 0 Å². The average molecular weight is 394 g/mol. The van der Waals surface area contributed by atoms with Crippen LogP contribution < -0.4 is 4.74 Å². The third-order valence-electron chi connectivity index (χ3n) is 4.37. The normalized spacial score (nSPS) is 11.0. The van der Waals surface area contributed by atoms with Crippen molar-refractivity contribution in [3.63, 3.8) is 0 Å². The van der Waals surface area contributed by atoms with E-state index in [1.807, 2.05) is 36.4 Å². The Morgan fingerprint density at radius 1 is 1.14 bits per heavy atom. The molecule has 0 amide bonds. The molecule has 0 aliphatic carbocycles. The van der Waals surface area contributed by atoms with Crippen molar-refractivity contribution >= 4 is 11.8 Å². The second-order valence-corrected chi connectivity index (χ2v) is 7.07. The molecule has 9 heteroatoms. The van der Waals surface area contributed by atoms with Crippen LogP contribution in [0.4, 0.5) is 0 Å². The van der Waals surface area contributed by atoms with Gasteiger partial charge in [-0.25, -0.2) is 0 Å². The van der Waals surface area contributed by atoms with Gasteiger partial charge in [0.05, 0.1) is 18.6 Å². The summed E-state index contributed by atoms with van der Waals surface area (Å²) in [5.74, 6) is 2.22. The predicted octanol–water partition coefficient (Wildman–Crippen LogP) is 3.63. The van der Waals surface area contributed by atoms with E-state index >= 15 is 0 Å². The maximum Gasteiger partial charge on any atom is 0.237 e. The number of aryl methyl sites for hydroxylation is 1. The number of ether oxygens (including phenoxy) is 1. The van der Waals surface area contributed by atoms with Crippen LogP contribution in [0.15, 0.2) is 52.1 Å². The molecule has 4 rings (SSSR count). The first kappa shape index (κ1) is 18.2. The summed E-state index contributed by atoms with van der Waals surface area (Å²) in [6.45, 7) is 4.12. The molecule has 8 nitrogen and oxygen atoms in total. The fourth-order valence-electron chi connectivity index (χ4n) is 2.70. The molecule has 0 saturated carbocycles. The summed E-state index contributed by atoms with van der Waals surface area (Å²) in [5.41, 5.74) is 4.10. The SMILES string of the molecule is COc1cccc(-c2noc(CSc3nnnn3-c3cccc(C)c3C)n2)c1. The molecule has 2 heterocycles. The lowest BCUT2D eigenvalue weighted by Crippen LogP contribution is -2.02. The van der Waals surface area contributed by atoms with E-state index in [4.69, 9.17) is 9.26 Å². The van der Waals surface area contributed by atoms with E-state index in [1.165, 1.54) is 17.3 Å². The Hall–Kier alpha value is -3.20. The molecule has 0 fully saturated rings. The van der Waals surface area contributed by atoms with Crippen LogP contribution in [-0.2, 0) is 5.75 Å². The number of nitrogens with zero attached hydrogens (tertiary/aromatic N) is 6. The van der Waals surface area contributed by atoms with Crippen LogP contribution in [0.1, 0.15) is 17.0 Å². The highest BCUT2D eigenvalue weighted by Gasteiger charge is 2.15. The van der Waals surface area contributed by atoms with Crippen LogP contribution in [0.2, 0.25) is 0 Å². The smallest absolute Gasteiger partial charge is 0.237 e. The number of rotatable bonds is 6. The maximum atomic E-state index is 5.38. The van der Waals surface area contributed by atoms with Crippen molar-refractivity contribution in [2.75, 3.05) is 7.11 Å². The minimum Gasteiger partial charge on any atom is -0.497 e. The summed E-state index contributed by atoms with van der Waals surface area (Å²) >= 11 is 1.44. The van der Waals surface area contributed by atoms with E-state index in [2.05, 4.69) is 45.6 Å². The third-order valence-corrected chi connectivity index (χ3v) is 5.27. The lowest BCUT2D eigenvalue weighted by atomic mass is 10.1. The number of benzene rings is 2. The summed E-state index contributed by atoms with van der Waals surface area (Å²) < 4.78 is 12.3. The van der Waals surface area contributed by atoms with Gasteiger partial charge in [0, 0.05) is 5.56 Å². The fourth-order valence-corrected chi connectivity index (χ4v) is 3.43. The Balaban J connectivity index is 1.51. The van der Waals surface area contributed by atoms with E-state index in [0.717, 1.165) is 22.6 Å². The molecule has 4 aromatic rings. The molecule has 2 aromatic heterocycles. The van der Waals surface area contributed by atoms with Crippen LogP contribution in [-0.4, -0.2) is 37.5 Å². The van der Waals surface area contributed by atoms with Crippen LogP contribution >= 0.6 is 11.8 Å². The Labute approximate surface area is 165 Å². The number of thioether (sulfide) groups is 1. The van der Waals surface area contributed by atoms with Gasteiger partial charge in [0.2, 0.25) is 16.9 Å². The fraction of sp³-hybridized carbons (Fsp3) is 0.211. The Morgan fingerprint density at radius 2 is 2.00 bits per heavy atom. The molecule has 0 aliphatic heterocycles. The highest BCUT2D eigenvalue weighted by Crippen LogP contribution is 2.26. The molecule has 0 saturated heterocycles. The van der Waals surface area contributed by atoms with Crippen molar-refractivity contribution in [1.82, 2.24) is 30.3 Å². The molecule has 0 unspecified atom stereocenters. The Kier molecular flexibility index (Phi) is 5.07. The maximum absolute atomic E-state index is 5.38. The average Bonchev–Trinajstić information content (AvgIpc) is 3.38. The molecule has 142 valence electrons. The quantitative estimate of drug-likeness (QED) is 0.458. The van der Waals surface area contributed by atoms with Crippen molar-refractivity contribution in [1.29, 1.82) is 0 Å². The molecule has 0 bridgehead atoms. The second-order valence-electron chi connectivity index (χ2n) is 6.12. The van der Waals surface area contributed by atoms with E-state index in [-0.39, 0.29) is 0 Å². The number of aromatic nitrogens is 6. The number of hydrogen-bond donors (Lipinski definition) is 0. The third kappa shape index (κ3) is 3.61. The highest BCUT2D eigenvalue weighted by molar-refractivity contribution is 7.98. The first-order valence-electron chi connectivity index (χ1n) is 8.60. The largest absolute Gasteiger partial charge is 0.497 e. The van der Waals surface area contributed by atoms with E-state index in [9.17, 15) is 0 Å². The minimum absolute atomic E-state index is 0.461. The van der Waals surface area contributed by atoms with Gasteiger partial charge in [0.25, 0.3) is 0 Å². The first-order valence-corrected chi connectivity index (χ1v) is 9.59. The van der Waals surface area contributed by atoms with Crippen molar-refractivity contribution in [3.05, 3.63) is 59.5 Å². The van der Waals surface area contributed by atoms with E-state index in [0.29, 0.717) is 22.6 Å². The lowest BCUT2D eigenvalue weighted by Gasteiger charge is -2.08. The topological polar surface area (TPSA) is 91.8 Å². The molecule has 0 atom stereocenters. The standard InChI is InChI=1S/C19H18N6O2S/c1-12-6-4-9-16(13(12)2)25-19(21-23-24-25)28-11-17-20-18(22-27-17)14-7-5-8-15(10-14)26-3/h4-10H,11H2,1-3H3. The summed E-state index contributed by atoms with van der Waals surface area (Å²) in [6.07, 6.45) is 0. The Morgan fingerprint density at radius 3 is 2.86 bits per heavy atom. The van der Waals surface area contributed by atoms with Gasteiger partial charge < -0.3 is 9.26 Å². The predicted molar refractivity (Wildman–Crippen MR) is 104 cm³/mol. The van der Waals surface area contributed by atoms with Gasteiger partial charge in [-0.2, -0.15) is 9.67 Å². The molecular formula is C19H18N6O2S. The van der Waals surface area contributed by atoms with Crippen LogP contribution in [0.25, 0.3) is 17.1 Å². The zero-order valence-electron chi connectivity index (χ0n) is 15.7. The number of hydrogen-bond acceptors (Lipinski definition) is 8. The number of methoxy groups -OCH3 is 1. The summed E-state index contributed by atoms with van der Waals surface area (Å²) in [6, 6.07) is 13.6. The number of tetrazole rings is 1. The summed E-state index contributed by atoms with van der Waals surface area (Å²) in [4.78, 5) is 4.46. The van der Waals surface area contributed by atoms with Gasteiger partial charge in [-0.1, -0.05) is 41.2 Å². The van der Waals surface area contributed by atoms with Crippen LogP contribution in [0.5, 0.6) is 5.75 Å². The van der Waals surface area contributed by atoms with Crippen molar-refractivity contribution < 1.29 is 9.26 Å². The molecule has 0 aliphatic rings. The molecule has 28 heavy (non-hydrogen) atoms. The lowest BCUT2D eigenvalue weighted by molar-refractivity contribution is 0.391. The zero-order chi connectivity index (χ0) is 19.5. The summed E-state index contributed by atoms with van der Waals surface area (Å²) in [5, 5.41) is 16.8. The zero-order valence-corrected chi connectivity index (χ0v) is 16.5. The van der Waals surface area contributed by atoms with Crippen molar-refractivity contribution in [2.45, 2.75) is 24.8 Å². The second kappa shape index (κ2) is 7.81.